The first-order chi connectivity index (χ1) is 7.95. The molecule has 17 heavy (non-hydrogen) atoms. The van der Waals surface area contributed by atoms with Crippen LogP contribution in [0.5, 0.6) is 0 Å². The predicted octanol–water partition coefficient (Wildman–Crippen LogP) is 3.78. The summed E-state index contributed by atoms with van der Waals surface area (Å²) < 4.78 is 0. The maximum Gasteiger partial charge on any atom is 0.0675 e. The van der Waals surface area contributed by atoms with Crippen molar-refractivity contribution in [3.8, 4) is 6.07 Å². The highest BCUT2D eigenvalue weighted by Crippen LogP contribution is 2.39. The third kappa shape index (κ3) is 2.12. The van der Waals surface area contributed by atoms with Gasteiger partial charge in [0, 0.05) is 22.8 Å². The third-order valence-corrected chi connectivity index (χ3v) is 4.00. The van der Waals surface area contributed by atoms with Gasteiger partial charge in [0.25, 0.3) is 0 Å². The summed E-state index contributed by atoms with van der Waals surface area (Å²) in [5.74, 6) is 0.114. The molecule has 1 aliphatic heterocycles. The summed E-state index contributed by atoms with van der Waals surface area (Å²) in [5.41, 5.74) is 2.27. The van der Waals surface area contributed by atoms with Crippen LogP contribution in [0.15, 0.2) is 18.2 Å². The number of benzene rings is 1. The quantitative estimate of drug-likeness (QED) is 0.756. The van der Waals surface area contributed by atoms with E-state index in [0.717, 1.165) is 29.2 Å². The van der Waals surface area contributed by atoms with E-state index in [-0.39, 0.29) is 11.5 Å². The molecule has 0 saturated carbocycles. The first-order valence-corrected chi connectivity index (χ1v) is 6.26. The molecule has 1 heterocycles. The summed E-state index contributed by atoms with van der Waals surface area (Å²) in [6, 6.07) is 8.35. The molecule has 0 spiro atoms. The Morgan fingerprint density at radius 3 is 2.76 bits per heavy atom. The van der Waals surface area contributed by atoms with E-state index in [9.17, 15) is 0 Å². The van der Waals surface area contributed by atoms with Crippen LogP contribution in [-0.4, -0.2) is 12.1 Å². The van der Waals surface area contributed by atoms with Gasteiger partial charge in [0.1, 0.15) is 0 Å². The second-order valence-electron chi connectivity index (χ2n) is 5.34. The zero-order chi connectivity index (χ0) is 12.6. The molecule has 0 amide bonds. The van der Waals surface area contributed by atoms with Crippen molar-refractivity contribution in [2.75, 3.05) is 11.4 Å². The van der Waals surface area contributed by atoms with Crippen molar-refractivity contribution in [3.05, 3.63) is 28.8 Å². The molecule has 0 N–H and O–H groups in total. The highest BCUT2D eigenvalue weighted by molar-refractivity contribution is 6.31. The van der Waals surface area contributed by atoms with Crippen molar-refractivity contribution < 1.29 is 0 Å². The minimum absolute atomic E-state index is 0.0236. The number of rotatable bonds is 1. The van der Waals surface area contributed by atoms with Crippen molar-refractivity contribution in [3.63, 3.8) is 0 Å². The summed E-state index contributed by atoms with van der Waals surface area (Å²) in [6.45, 7) is 7.20. The van der Waals surface area contributed by atoms with E-state index >= 15 is 0 Å². The molecule has 2 nitrogen and oxygen atoms in total. The second-order valence-corrected chi connectivity index (χ2v) is 5.74. The molecule has 90 valence electrons. The summed E-state index contributed by atoms with van der Waals surface area (Å²) >= 11 is 6.16. The van der Waals surface area contributed by atoms with Gasteiger partial charge >= 0.3 is 0 Å². The van der Waals surface area contributed by atoms with Gasteiger partial charge in [-0.1, -0.05) is 17.7 Å². The number of nitriles is 1. The molecule has 0 aliphatic carbocycles. The zero-order valence-electron chi connectivity index (χ0n) is 10.5. The third-order valence-electron chi connectivity index (χ3n) is 3.59. The average Bonchev–Trinajstić information content (AvgIpc) is 2.58. The maximum absolute atomic E-state index is 9.08. The number of hydrogen-bond donors (Lipinski definition) is 0. The molecule has 1 aliphatic rings. The fraction of sp³-hybridized carbons (Fsp3) is 0.500. The van der Waals surface area contributed by atoms with Gasteiger partial charge in [-0.25, -0.2) is 0 Å². The van der Waals surface area contributed by atoms with Crippen molar-refractivity contribution in [2.24, 2.45) is 5.92 Å². The Labute approximate surface area is 108 Å². The van der Waals surface area contributed by atoms with Gasteiger partial charge in [0.15, 0.2) is 0 Å². The Hall–Kier alpha value is -1.20. The minimum Gasteiger partial charge on any atom is -0.365 e. The van der Waals surface area contributed by atoms with Crippen LogP contribution in [0, 0.1) is 24.2 Å². The van der Waals surface area contributed by atoms with Crippen molar-refractivity contribution in [1.82, 2.24) is 0 Å². The largest absolute Gasteiger partial charge is 0.365 e. The lowest BCUT2D eigenvalue weighted by atomic mass is 9.97. The van der Waals surface area contributed by atoms with Gasteiger partial charge in [-0.3, -0.25) is 0 Å². The van der Waals surface area contributed by atoms with Crippen molar-refractivity contribution >= 4 is 17.3 Å². The minimum atomic E-state index is 0.0236. The van der Waals surface area contributed by atoms with Crippen LogP contribution in [0.4, 0.5) is 5.69 Å². The number of halogens is 1. The molecule has 2 rings (SSSR count). The van der Waals surface area contributed by atoms with E-state index in [2.05, 4.69) is 30.9 Å². The van der Waals surface area contributed by atoms with Gasteiger partial charge in [-0.05, 0) is 44.9 Å². The fourth-order valence-corrected chi connectivity index (χ4v) is 2.81. The van der Waals surface area contributed by atoms with Gasteiger partial charge in [-0.15, -0.1) is 0 Å². The molecule has 1 saturated heterocycles. The first kappa shape index (κ1) is 12.3. The lowest BCUT2D eigenvalue weighted by molar-refractivity contribution is 0.502. The van der Waals surface area contributed by atoms with Crippen LogP contribution in [0.25, 0.3) is 0 Å². The van der Waals surface area contributed by atoms with Crippen LogP contribution in [0.3, 0.4) is 0 Å². The van der Waals surface area contributed by atoms with Gasteiger partial charge in [0.05, 0.1) is 12.0 Å². The molecule has 0 aromatic heterocycles. The molecular formula is C14H17ClN2. The number of hydrogen-bond acceptors (Lipinski definition) is 2. The van der Waals surface area contributed by atoms with E-state index < -0.39 is 0 Å². The van der Waals surface area contributed by atoms with Crippen LogP contribution in [0.2, 0.25) is 5.02 Å². The lowest BCUT2D eigenvalue weighted by Crippen LogP contribution is -2.38. The summed E-state index contributed by atoms with van der Waals surface area (Å²) in [6.07, 6.45) is 0.912. The maximum atomic E-state index is 9.08. The molecule has 1 fully saturated rings. The smallest absolute Gasteiger partial charge is 0.0675 e. The van der Waals surface area contributed by atoms with Crippen LogP contribution >= 0.6 is 11.6 Å². The topological polar surface area (TPSA) is 27.0 Å². The number of nitrogens with zero attached hydrogens (tertiary/aromatic N) is 2. The van der Waals surface area contributed by atoms with E-state index in [1.165, 1.54) is 0 Å². The molecule has 1 unspecified atom stereocenters. The highest BCUT2D eigenvalue weighted by Gasteiger charge is 2.39. The zero-order valence-corrected chi connectivity index (χ0v) is 11.3. The Bertz CT molecular complexity index is 474. The van der Waals surface area contributed by atoms with E-state index in [4.69, 9.17) is 16.9 Å². The molecule has 0 bridgehead atoms. The monoisotopic (exact) mass is 248 g/mol. The Morgan fingerprint density at radius 1 is 1.47 bits per heavy atom. The summed E-state index contributed by atoms with van der Waals surface area (Å²) in [4.78, 5) is 2.31. The summed E-state index contributed by atoms with van der Waals surface area (Å²) in [7, 11) is 0. The number of anilines is 1. The Morgan fingerprint density at radius 2 is 2.18 bits per heavy atom. The first-order valence-electron chi connectivity index (χ1n) is 5.88. The normalized spacial score (nSPS) is 22.5. The highest BCUT2D eigenvalue weighted by atomic mass is 35.5. The standard InChI is InChI=1S/C14H17ClN2/c1-10-12(15)5-4-6-13(10)17-9-11(8-16)7-14(17,2)3/h4-6,11H,7,9H2,1-3H3. The predicted molar refractivity (Wildman–Crippen MR) is 71.3 cm³/mol. The summed E-state index contributed by atoms with van der Waals surface area (Å²) in [5, 5.41) is 9.87. The molecule has 0 radical (unpaired) electrons. The Balaban J connectivity index is 2.41. The van der Waals surface area contributed by atoms with Crippen LogP contribution in [-0.2, 0) is 0 Å². The van der Waals surface area contributed by atoms with E-state index in [1.54, 1.807) is 0 Å². The van der Waals surface area contributed by atoms with Crippen LogP contribution in [0.1, 0.15) is 25.8 Å². The fourth-order valence-electron chi connectivity index (χ4n) is 2.64. The van der Waals surface area contributed by atoms with Crippen molar-refractivity contribution in [2.45, 2.75) is 32.7 Å². The molecule has 3 heteroatoms. The Kier molecular flexibility index (Phi) is 3.05. The SMILES string of the molecule is Cc1c(Cl)cccc1N1CC(C#N)CC1(C)C. The molecular weight excluding hydrogens is 232 g/mol. The molecule has 1 aromatic carbocycles. The van der Waals surface area contributed by atoms with Crippen LogP contribution < -0.4 is 4.90 Å². The van der Waals surface area contributed by atoms with E-state index in [0.29, 0.717) is 0 Å². The second kappa shape index (κ2) is 4.23. The average molecular weight is 249 g/mol. The van der Waals surface area contributed by atoms with Gasteiger partial charge in [-0.2, -0.15) is 5.26 Å². The molecule has 1 aromatic rings. The molecule has 1 atom stereocenters. The van der Waals surface area contributed by atoms with Gasteiger partial charge in [0.2, 0.25) is 0 Å². The van der Waals surface area contributed by atoms with Gasteiger partial charge < -0.3 is 4.90 Å². The lowest BCUT2D eigenvalue weighted by Gasteiger charge is -2.34. The van der Waals surface area contributed by atoms with E-state index in [1.807, 2.05) is 19.1 Å². The van der Waals surface area contributed by atoms with Crippen molar-refractivity contribution in [1.29, 1.82) is 5.26 Å².